The van der Waals surface area contributed by atoms with E-state index in [-0.39, 0.29) is 19.6 Å². The Kier molecular flexibility index (Phi) is 9.21. The molecule has 218 valence electrons. The predicted molar refractivity (Wildman–Crippen MR) is 144 cm³/mol. The number of cyclic esters (lactones) is 1. The van der Waals surface area contributed by atoms with Gasteiger partial charge in [0, 0.05) is 18.5 Å². The molecule has 3 aliphatic rings. The van der Waals surface area contributed by atoms with E-state index in [9.17, 15) is 19.2 Å². The van der Waals surface area contributed by atoms with Crippen molar-refractivity contribution in [2.45, 2.75) is 77.7 Å². The second kappa shape index (κ2) is 12.6. The number of allylic oxidation sites excluding steroid dienone is 1. The number of fused-ring (bicyclic) bond motifs is 3. The van der Waals surface area contributed by atoms with Crippen molar-refractivity contribution in [3.8, 4) is 5.75 Å². The van der Waals surface area contributed by atoms with E-state index >= 15 is 0 Å². The summed E-state index contributed by atoms with van der Waals surface area (Å²) in [7, 11) is 1.24. The molecular weight excluding hydrogens is 518 g/mol. The van der Waals surface area contributed by atoms with Gasteiger partial charge in [-0.25, -0.2) is 14.4 Å². The van der Waals surface area contributed by atoms with E-state index in [1.54, 1.807) is 4.90 Å². The molecule has 4 bridgehead atoms. The van der Waals surface area contributed by atoms with Crippen molar-refractivity contribution in [2.75, 3.05) is 26.9 Å². The summed E-state index contributed by atoms with van der Waals surface area (Å²) >= 11 is 0. The predicted octanol–water partition coefficient (Wildman–Crippen LogP) is 3.54. The van der Waals surface area contributed by atoms with Gasteiger partial charge in [-0.2, -0.15) is 0 Å². The van der Waals surface area contributed by atoms with Crippen LogP contribution in [0.2, 0.25) is 0 Å². The lowest BCUT2D eigenvalue weighted by atomic mass is 9.85. The number of benzene rings is 1. The first kappa shape index (κ1) is 29.2. The zero-order valence-electron chi connectivity index (χ0n) is 23.6. The number of methoxy groups -OCH3 is 1. The summed E-state index contributed by atoms with van der Waals surface area (Å²) in [6.07, 6.45) is 4.22. The highest BCUT2D eigenvalue weighted by Gasteiger charge is 2.47. The van der Waals surface area contributed by atoms with Gasteiger partial charge in [0.05, 0.1) is 33.4 Å². The number of nitrogens with zero attached hydrogens (tertiary/aromatic N) is 2. The number of amides is 3. The Labute approximate surface area is 234 Å². The lowest BCUT2D eigenvalue weighted by Gasteiger charge is -2.34. The third-order valence-corrected chi connectivity index (χ3v) is 7.32. The number of nitrogens with one attached hydrogen (secondary N) is 1. The van der Waals surface area contributed by atoms with Crippen LogP contribution in [0.4, 0.5) is 9.59 Å². The molecule has 1 saturated heterocycles. The van der Waals surface area contributed by atoms with Crippen LogP contribution in [-0.4, -0.2) is 78.9 Å². The van der Waals surface area contributed by atoms with Gasteiger partial charge in [-0.3, -0.25) is 9.69 Å². The van der Waals surface area contributed by atoms with Crippen LogP contribution in [0.5, 0.6) is 5.75 Å². The molecule has 1 unspecified atom stereocenters. The van der Waals surface area contributed by atoms with Gasteiger partial charge in [0.15, 0.2) is 0 Å². The van der Waals surface area contributed by atoms with E-state index in [2.05, 4.69) is 5.32 Å². The maximum absolute atomic E-state index is 13.8. The highest BCUT2D eigenvalue weighted by atomic mass is 16.6. The topological polar surface area (TPSA) is 124 Å². The number of carbonyl (C=O) groups is 4. The van der Waals surface area contributed by atoms with Gasteiger partial charge in [0.1, 0.15) is 23.9 Å². The van der Waals surface area contributed by atoms with E-state index in [0.717, 1.165) is 23.3 Å². The molecule has 40 heavy (non-hydrogen) atoms. The minimum Gasteiger partial charge on any atom is -0.493 e. The zero-order chi connectivity index (χ0) is 28.9. The van der Waals surface area contributed by atoms with Gasteiger partial charge in [0.2, 0.25) is 5.91 Å². The molecule has 1 N–H and O–H groups in total. The first-order chi connectivity index (χ1) is 19.1. The SMILES string of the molecule is COC(=O)C1C[C@@H]2CN1C(=O)[C@H](C(C)(C)C)NC(=O)OCCC/C=C/CCOc1cccc3c1CN(C3)C(=O)O2. The molecule has 3 amide bonds. The van der Waals surface area contributed by atoms with Crippen LogP contribution in [0, 0.1) is 5.41 Å². The smallest absolute Gasteiger partial charge is 0.410 e. The summed E-state index contributed by atoms with van der Waals surface area (Å²) in [5, 5.41) is 2.68. The average molecular weight is 558 g/mol. The molecule has 0 saturated carbocycles. The number of carbonyl (C=O) groups excluding carboxylic acids is 4. The van der Waals surface area contributed by atoms with Gasteiger partial charge >= 0.3 is 18.2 Å². The molecule has 0 aliphatic carbocycles. The normalized spacial score (nSPS) is 25.5. The number of rotatable bonds is 1. The van der Waals surface area contributed by atoms with E-state index in [1.807, 2.05) is 51.1 Å². The second-order valence-corrected chi connectivity index (χ2v) is 11.4. The van der Waals surface area contributed by atoms with Gasteiger partial charge in [-0.05, 0) is 36.3 Å². The molecule has 0 radical (unpaired) electrons. The Morgan fingerprint density at radius 1 is 1.05 bits per heavy atom. The minimum atomic E-state index is -0.981. The summed E-state index contributed by atoms with van der Waals surface area (Å²) in [6.45, 7) is 6.84. The molecule has 0 aromatic heterocycles. The summed E-state index contributed by atoms with van der Waals surface area (Å²) in [5.41, 5.74) is 1.24. The summed E-state index contributed by atoms with van der Waals surface area (Å²) in [5.74, 6) is -0.353. The van der Waals surface area contributed by atoms with E-state index < -0.39 is 47.7 Å². The average Bonchev–Trinajstić information content (AvgIpc) is 3.54. The number of ether oxygens (including phenoxy) is 4. The fraction of sp³-hybridized carbons (Fsp3) is 0.586. The first-order valence-electron chi connectivity index (χ1n) is 13.7. The lowest BCUT2D eigenvalue weighted by Crippen LogP contribution is -2.57. The van der Waals surface area contributed by atoms with E-state index in [0.29, 0.717) is 32.5 Å². The molecule has 1 aromatic rings. The van der Waals surface area contributed by atoms with Gasteiger partial charge in [-0.15, -0.1) is 0 Å². The molecule has 1 aromatic carbocycles. The molecule has 0 spiro atoms. The first-order valence-corrected chi connectivity index (χ1v) is 13.7. The number of hydrogen-bond acceptors (Lipinski definition) is 8. The maximum atomic E-state index is 13.8. The van der Waals surface area contributed by atoms with Crippen LogP contribution >= 0.6 is 0 Å². The molecule has 3 aliphatic heterocycles. The highest BCUT2D eigenvalue weighted by molar-refractivity contribution is 5.91. The van der Waals surface area contributed by atoms with Crippen LogP contribution in [-0.2, 0) is 36.9 Å². The van der Waals surface area contributed by atoms with Crippen molar-refractivity contribution in [2.24, 2.45) is 5.41 Å². The van der Waals surface area contributed by atoms with Gasteiger partial charge in [0.25, 0.3) is 0 Å². The third kappa shape index (κ3) is 6.86. The summed E-state index contributed by atoms with van der Waals surface area (Å²) < 4.78 is 22.1. The Hall–Kier alpha value is -3.76. The van der Waals surface area contributed by atoms with Gasteiger partial charge < -0.3 is 29.2 Å². The molecule has 3 heterocycles. The zero-order valence-corrected chi connectivity index (χ0v) is 23.6. The number of hydrogen-bond donors (Lipinski definition) is 1. The molecule has 11 heteroatoms. The summed E-state index contributed by atoms with van der Waals surface area (Å²) in [4.78, 5) is 55.1. The van der Waals surface area contributed by atoms with Crippen molar-refractivity contribution >= 4 is 24.1 Å². The molecule has 11 nitrogen and oxygen atoms in total. The Morgan fingerprint density at radius 3 is 2.58 bits per heavy atom. The van der Waals surface area contributed by atoms with Crippen molar-refractivity contribution in [3.05, 3.63) is 41.5 Å². The van der Waals surface area contributed by atoms with Crippen LogP contribution < -0.4 is 10.1 Å². The number of esters is 1. The van der Waals surface area contributed by atoms with Crippen molar-refractivity contribution in [1.29, 1.82) is 0 Å². The number of alkyl carbamates (subject to hydrolysis) is 1. The molecule has 3 atom stereocenters. The Morgan fingerprint density at radius 2 is 1.82 bits per heavy atom. The Bertz CT molecular complexity index is 1140. The van der Waals surface area contributed by atoms with E-state index in [1.165, 1.54) is 12.0 Å². The summed E-state index contributed by atoms with van der Waals surface area (Å²) in [6, 6.07) is 3.82. The van der Waals surface area contributed by atoms with Crippen LogP contribution in [0.15, 0.2) is 30.4 Å². The minimum absolute atomic E-state index is 0.00483. The van der Waals surface area contributed by atoms with Crippen molar-refractivity contribution in [1.82, 2.24) is 15.1 Å². The third-order valence-electron chi connectivity index (χ3n) is 7.32. The quantitative estimate of drug-likeness (QED) is 0.316. The maximum Gasteiger partial charge on any atom is 0.410 e. The van der Waals surface area contributed by atoms with Crippen molar-refractivity contribution < 1.29 is 38.1 Å². The van der Waals surface area contributed by atoms with Crippen LogP contribution in [0.3, 0.4) is 0 Å². The standard InChI is InChI=1S/C29H39N3O8/c1-29(2,3)24-25(33)32-17-20(15-22(32)26(34)37-4)40-28(36)31-16-19-11-10-12-23(21(19)18-31)38-13-8-6-5-7-9-14-39-27(35)30-24/h5-6,10-12,20,22,24H,7-9,13-18H2,1-4H3,(H,30,35)/b6-5+/t20-,22?,24-/m1/s1. The second-order valence-electron chi connectivity index (χ2n) is 11.4. The lowest BCUT2D eigenvalue weighted by molar-refractivity contribution is -0.152. The van der Waals surface area contributed by atoms with Crippen molar-refractivity contribution in [3.63, 3.8) is 0 Å². The molecule has 4 rings (SSSR count). The van der Waals surface area contributed by atoms with Gasteiger partial charge in [-0.1, -0.05) is 45.1 Å². The fourth-order valence-corrected chi connectivity index (χ4v) is 5.17. The van der Waals surface area contributed by atoms with Crippen LogP contribution in [0.25, 0.3) is 0 Å². The van der Waals surface area contributed by atoms with E-state index in [4.69, 9.17) is 18.9 Å². The molecular formula is C29H39N3O8. The molecule has 1 fully saturated rings. The Balaban J connectivity index is 1.57. The van der Waals surface area contributed by atoms with Crippen LogP contribution in [0.1, 0.15) is 57.6 Å². The largest absolute Gasteiger partial charge is 0.493 e. The fourth-order valence-electron chi connectivity index (χ4n) is 5.17. The highest BCUT2D eigenvalue weighted by Crippen LogP contribution is 2.33. The monoisotopic (exact) mass is 557 g/mol.